The van der Waals surface area contributed by atoms with Crippen molar-refractivity contribution in [2.45, 2.75) is 81.8 Å². The molecule has 0 radical (unpaired) electrons. The number of carbonyl (C=O) groups excluding carboxylic acids is 1. The first-order valence-corrected chi connectivity index (χ1v) is 16.9. The molecule has 3 atom stereocenters. The largest absolute Gasteiger partial charge is 0.349 e. The van der Waals surface area contributed by atoms with Crippen molar-refractivity contribution in [3.05, 3.63) is 59.4 Å². The molecule has 4 aromatic rings. The lowest BCUT2D eigenvalue weighted by molar-refractivity contribution is 0.232. The molecule has 0 bridgehead atoms. The van der Waals surface area contributed by atoms with Gasteiger partial charge < -0.3 is 20.9 Å². The lowest BCUT2D eigenvalue weighted by Crippen LogP contribution is -2.42. The summed E-state index contributed by atoms with van der Waals surface area (Å²) < 4.78 is 30.4. The number of nitrogens with one attached hydrogen (secondary N) is 5. The molecule has 2 saturated carbocycles. The third-order valence-corrected chi connectivity index (χ3v) is 10.4. The second kappa shape index (κ2) is 10.8. The number of hydrogen-bond acceptors (Lipinski definition) is 6. The molecule has 0 spiro atoms. The Kier molecular flexibility index (Phi) is 7.04. The molecule has 11 heteroatoms. The number of benzene rings is 2. The Bertz CT molecular complexity index is 1780. The highest BCUT2D eigenvalue weighted by Crippen LogP contribution is 2.47. The molecule has 5 N–H and O–H groups in total. The first-order chi connectivity index (χ1) is 20.7. The maximum atomic E-state index is 13.8. The van der Waals surface area contributed by atoms with Gasteiger partial charge in [0.1, 0.15) is 0 Å². The number of pyridine rings is 1. The van der Waals surface area contributed by atoms with E-state index in [4.69, 9.17) is 9.97 Å². The summed E-state index contributed by atoms with van der Waals surface area (Å²) in [4.78, 5) is 26.3. The van der Waals surface area contributed by atoms with Gasteiger partial charge >= 0.3 is 6.03 Å². The molecule has 3 aliphatic rings. The molecular weight excluding hydrogens is 562 g/mol. The summed E-state index contributed by atoms with van der Waals surface area (Å²) in [5.41, 5.74) is 4.42. The number of nitrogens with zero attached hydrogens (tertiary/aromatic N) is 2. The second-order valence-electron chi connectivity index (χ2n) is 12.9. The van der Waals surface area contributed by atoms with Crippen molar-refractivity contribution in [1.29, 1.82) is 0 Å². The molecule has 0 aliphatic heterocycles. The van der Waals surface area contributed by atoms with Gasteiger partial charge in [-0.1, -0.05) is 26.0 Å². The van der Waals surface area contributed by atoms with E-state index in [0.29, 0.717) is 36.1 Å². The van der Waals surface area contributed by atoms with E-state index in [-0.39, 0.29) is 28.9 Å². The van der Waals surface area contributed by atoms with Crippen LogP contribution in [0, 0.1) is 11.8 Å². The van der Waals surface area contributed by atoms with Crippen molar-refractivity contribution in [2.75, 3.05) is 11.9 Å². The highest BCUT2D eigenvalue weighted by Gasteiger charge is 2.38. The van der Waals surface area contributed by atoms with Crippen LogP contribution in [0.15, 0.2) is 47.5 Å². The molecule has 3 aliphatic carbocycles. The van der Waals surface area contributed by atoms with Crippen LogP contribution in [0.3, 0.4) is 0 Å². The number of carbonyl (C=O) groups is 1. The Balaban J connectivity index is 1.33. The number of hydrogen-bond donors (Lipinski definition) is 5. The number of aromatic amines is 1. The minimum atomic E-state index is -3.84. The molecular formula is C32H39N7O3S. The first kappa shape index (κ1) is 28.1. The number of sulfonamides is 1. The van der Waals surface area contributed by atoms with Gasteiger partial charge in [0, 0.05) is 41.2 Å². The predicted molar refractivity (Wildman–Crippen MR) is 167 cm³/mol. The zero-order chi connectivity index (χ0) is 29.9. The zero-order valence-corrected chi connectivity index (χ0v) is 25.6. The van der Waals surface area contributed by atoms with E-state index in [2.05, 4.69) is 25.7 Å². The van der Waals surface area contributed by atoms with Gasteiger partial charge in [-0.05, 0) is 86.3 Å². The maximum absolute atomic E-state index is 13.8. The van der Waals surface area contributed by atoms with Crippen LogP contribution in [0.1, 0.15) is 87.7 Å². The molecule has 43 heavy (non-hydrogen) atoms. The molecule has 2 heterocycles. The topological polar surface area (TPSA) is 141 Å². The molecule has 0 saturated heterocycles. The molecule has 2 aromatic carbocycles. The first-order valence-electron chi connectivity index (χ1n) is 15.4. The minimum absolute atomic E-state index is 0.0863. The predicted octanol–water partition coefficient (Wildman–Crippen LogP) is 5.62. The van der Waals surface area contributed by atoms with Gasteiger partial charge in [-0.3, -0.25) is 4.98 Å². The van der Waals surface area contributed by atoms with E-state index >= 15 is 0 Å². The highest BCUT2D eigenvalue weighted by atomic mass is 32.2. The van der Waals surface area contributed by atoms with E-state index < -0.39 is 16.1 Å². The lowest BCUT2D eigenvalue weighted by Gasteiger charge is -2.20. The third kappa shape index (κ3) is 5.68. The van der Waals surface area contributed by atoms with Crippen LogP contribution in [-0.4, -0.2) is 42.0 Å². The quantitative estimate of drug-likeness (QED) is 0.160. The number of imidazole rings is 1. The molecule has 2 fully saturated rings. The number of H-pyrrole nitrogens is 1. The molecule has 2 amide bonds. The number of para-hydroxylation sites is 2. The average molecular weight is 602 g/mol. The molecule has 1 unspecified atom stereocenters. The fourth-order valence-electron chi connectivity index (χ4n) is 6.25. The van der Waals surface area contributed by atoms with Crippen molar-refractivity contribution >= 4 is 43.8 Å². The number of rotatable bonds is 10. The van der Waals surface area contributed by atoms with E-state index in [0.717, 1.165) is 58.9 Å². The monoisotopic (exact) mass is 601 g/mol. The summed E-state index contributed by atoms with van der Waals surface area (Å²) in [5.74, 6) is 1.66. The summed E-state index contributed by atoms with van der Waals surface area (Å²) in [7, 11) is -3.84. The molecule has 7 rings (SSSR count). The van der Waals surface area contributed by atoms with Crippen LogP contribution >= 0.6 is 0 Å². The van der Waals surface area contributed by atoms with Crippen LogP contribution in [0.2, 0.25) is 0 Å². The summed E-state index contributed by atoms with van der Waals surface area (Å²) in [5, 5.41) is 11.3. The summed E-state index contributed by atoms with van der Waals surface area (Å²) >= 11 is 0. The summed E-state index contributed by atoms with van der Waals surface area (Å²) in [6, 6.07) is 10.8. The number of fused-ring (bicyclic) bond motifs is 4. The molecule has 2 aromatic heterocycles. The van der Waals surface area contributed by atoms with Gasteiger partial charge in [-0.2, -0.15) is 0 Å². The zero-order valence-electron chi connectivity index (χ0n) is 24.8. The van der Waals surface area contributed by atoms with Gasteiger partial charge in [-0.25, -0.2) is 22.9 Å². The van der Waals surface area contributed by atoms with E-state index in [1.54, 1.807) is 6.07 Å². The van der Waals surface area contributed by atoms with Gasteiger partial charge in [-0.15, -0.1) is 0 Å². The third-order valence-electron chi connectivity index (χ3n) is 8.93. The number of aromatic nitrogens is 3. The Morgan fingerprint density at radius 2 is 1.84 bits per heavy atom. The van der Waals surface area contributed by atoms with Crippen LogP contribution in [-0.2, 0) is 10.0 Å². The number of anilines is 1. The average Bonchev–Trinajstić information content (AvgIpc) is 3.91. The number of urea groups is 1. The van der Waals surface area contributed by atoms with E-state index in [1.165, 1.54) is 0 Å². The summed E-state index contributed by atoms with van der Waals surface area (Å²) in [6.07, 6.45) is 6.74. The van der Waals surface area contributed by atoms with Gasteiger partial charge in [0.15, 0.2) is 0 Å². The van der Waals surface area contributed by atoms with Crippen molar-refractivity contribution in [1.82, 2.24) is 30.3 Å². The SMILES string of the molecule is CC(C)CNS(=O)(=O)c1cc2c(c3cnc(C4CC4)cc13)[C@H](Nc1nc3ccccc3[nH]1)C[C@H]2NC(=O)NC(C)C1CC1. The summed E-state index contributed by atoms with van der Waals surface area (Å²) in [6.45, 7) is 6.33. The van der Waals surface area contributed by atoms with Gasteiger partial charge in [0.2, 0.25) is 16.0 Å². The van der Waals surface area contributed by atoms with Crippen LogP contribution in [0.4, 0.5) is 10.7 Å². The van der Waals surface area contributed by atoms with E-state index in [1.807, 2.05) is 57.3 Å². The van der Waals surface area contributed by atoms with Crippen molar-refractivity contribution in [2.24, 2.45) is 11.8 Å². The normalized spacial score (nSPS) is 20.8. The molecule has 10 nitrogen and oxygen atoms in total. The highest BCUT2D eigenvalue weighted by molar-refractivity contribution is 7.89. The van der Waals surface area contributed by atoms with Crippen LogP contribution in [0.25, 0.3) is 21.8 Å². The smallest absolute Gasteiger partial charge is 0.315 e. The van der Waals surface area contributed by atoms with Gasteiger partial charge in [0.05, 0.1) is 28.0 Å². The fraction of sp³-hybridized carbons (Fsp3) is 0.469. The Morgan fingerprint density at radius 1 is 1.05 bits per heavy atom. The second-order valence-corrected chi connectivity index (χ2v) is 14.6. The Labute approximate surface area is 251 Å². The van der Waals surface area contributed by atoms with Gasteiger partial charge in [0.25, 0.3) is 0 Å². The van der Waals surface area contributed by atoms with Crippen molar-refractivity contribution < 1.29 is 13.2 Å². The Hall–Kier alpha value is -3.70. The minimum Gasteiger partial charge on any atom is -0.349 e. The maximum Gasteiger partial charge on any atom is 0.315 e. The standard InChI is InChI=1S/C32H39N7O3S/c1-17(2)15-34-43(41,42)29-13-22-27(39-32(40)35-18(3)19-8-9-19)14-28(38-31-36-24-6-4-5-7-25(24)37-31)30(22)23-16-33-26(12-21(23)29)20-10-11-20/h4-7,12-13,16-20,27-28,34H,8-11,14-15H2,1-3H3,(H2,35,39,40)(H2,36,37,38)/t18?,27-,28-/m1/s1. The number of amides is 2. The van der Waals surface area contributed by atoms with Crippen LogP contribution in [0.5, 0.6) is 0 Å². The van der Waals surface area contributed by atoms with E-state index in [9.17, 15) is 13.2 Å². The fourth-order valence-corrected chi connectivity index (χ4v) is 7.70. The molecule has 226 valence electrons. The van der Waals surface area contributed by atoms with Crippen LogP contribution < -0.4 is 20.7 Å². The Morgan fingerprint density at radius 3 is 2.56 bits per heavy atom. The van der Waals surface area contributed by atoms with Crippen molar-refractivity contribution in [3.8, 4) is 0 Å². The van der Waals surface area contributed by atoms with Crippen molar-refractivity contribution in [3.63, 3.8) is 0 Å². The lowest BCUT2D eigenvalue weighted by atomic mass is 9.98.